The van der Waals surface area contributed by atoms with E-state index in [2.05, 4.69) is 43.9 Å². The molecule has 2 aliphatic rings. The van der Waals surface area contributed by atoms with Gasteiger partial charge in [0.15, 0.2) is 11.0 Å². The second kappa shape index (κ2) is 13.0. The number of pyridine rings is 1. The van der Waals surface area contributed by atoms with Crippen molar-refractivity contribution in [2.75, 3.05) is 44.1 Å². The fourth-order valence-corrected chi connectivity index (χ4v) is 5.35. The first-order valence-corrected chi connectivity index (χ1v) is 13.6. The Kier molecular flexibility index (Phi) is 9.79. The summed E-state index contributed by atoms with van der Waals surface area (Å²) in [6, 6.07) is 5.55. The first-order chi connectivity index (χ1) is 17.9. The van der Waals surface area contributed by atoms with E-state index in [1.165, 1.54) is 0 Å². The lowest BCUT2D eigenvalue weighted by molar-refractivity contribution is 0.0455. The van der Waals surface area contributed by atoms with E-state index in [4.69, 9.17) is 32.7 Å². The molecule has 1 saturated carbocycles. The summed E-state index contributed by atoms with van der Waals surface area (Å²) < 4.78 is 10.7. The van der Waals surface area contributed by atoms with Gasteiger partial charge in [0.1, 0.15) is 5.82 Å². The lowest BCUT2D eigenvalue weighted by Gasteiger charge is -2.32. The molecule has 0 unspecified atom stereocenters. The van der Waals surface area contributed by atoms with Crippen LogP contribution in [0.15, 0.2) is 18.5 Å². The number of methoxy groups -OCH3 is 1. The molecule has 37 heavy (non-hydrogen) atoms. The summed E-state index contributed by atoms with van der Waals surface area (Å²) in [6.45, 7) is 4.43. The van der Waals surface area contributed by atoms with Gasteiger partial charge in [0, 0.05) is 56.8 Å². The molecule has 0 bridgehead atoms. The number of halogens is 2. The molecule has 1 atom stereocenters. The Morgan fingerprint density at radius 2 is 1.89 bits per heavy atom. The van der Waals surface area contributed by atoms with Crippen LogP contribution >= 0.6 is 23.2 Å². The van der Waals surface area contributed by atoms with Crippen molar-refractivity contribution in [3.05, 3.63) is 28.6 Å². The van der Waals surface area contributed by atoms with Crippen LogP contribution in [0.25, 0.3) is 11.3 Å². The van der Waals surface area contributed by atoms with Gasteiger partial charge in [-0.25, -0.2) is 15.0 Å². The van der Waals surface area contributed by atoms with E-state index >= 15 is 0 Å². The highest BCUT2D eigenvalue weighted by molar-refractivity contribution is 6.33. The SMILES string of the molecule is COC[C@@H](C)NC1CCC(Nc2cc(-c3cnc(Cl)c(NCC4(C#N)CCOCC4)n3)c(Cl)cn2)CC1. The number of hydrogen-bond donors (Lipinski definition) is 3. The smallest absolute Gasteiger partial charge is 0.171 e. The van der Waals surface area contributed by atoms with Crippen molar-refractivity contribution in [3.8, 4) is 17.3 Å². The summed E-state index contributed by atoms with van der Waals surface area (Å²) in [6.07, 6.45) is 8.86. The first-order valence-electron chi connectivity index (χ1n) is 12.8. The highest BCUT2D eigenvalue weighted by atomic mass is 35.5. The molecule has 2 aromatic rings. The number of nitrogens with one attached hydrogen (secondary N) is 3. The molecule has 4 rings (SSSR count). The lowest BCUT2D eigenvalue weighted by atomic mass is 9.82. The van der Waals surface area contributed by atoms with Gasteiger partial charge in [-0.2, -0.15) is 5.26 Å². The van der Waals surface area contributed by atoms with Gasteiger partial charge in [0.2, 0.25) is 0 Å². The van der Waals surface area contributed by atoms with Gasteiger partial charge in [0.25, 0.3) is 0 Å². The van der Waals surface area contributed by atoms with E-state index in [0.29, 0.717) is 73.9 Å². The maximum atomic E-state index is 9.74. The zero-order valence-corrected chi connectivity index (χ0v) is 22.9. The standard InChI is InChI=1S/C26H35Cl2N7O2/c1-17(14-36-2)33-18-3-5-19(6-4-18)34-23-11-20(21(27)12-30-23)22-13-31-24(28)25(35-22)32-16-26(15-29)7-9-37-10-8-26/h11-13,17-19,33H,3-10,14,16H2,1-2H3,(H,30,34)(H,32,35)/t17-,18?,19?/m1/s1. The van der Waals surface area contributed by atoms with E-state index in [1.807, 2.05) is 6.07 Å². The Morgan fingerprint density at radius 3 is 2.59 bits per heavy atom. The second-order valence-electron chi connectivity index (χ2n) is 10.0. The van der Waals surface area contributed by atoms with E-state index in [-0.39, 0.29) is 5.15 Å². The third-order valence-corrected chi connectivity index (χ3v) is 7.73. The molecule has 0 amide bonds. The number of aromatic nitrogens is 3. The minimum absolute atomic E-state index is 0.248. The molecular weight excluding hydrogens is 513 g/mol. The highest BCUT2D eigenvalue weighted by Crippen LogP contribution is 2.33. The predicted molar refractivity (Wildman–Crippen MR) is 146 cm³/mol. The molecule has 2 fully saturated rings. The van der Waals surface area contributed by atoms with Gasteiger partial charge < -0.3 is 25.4 Å². The molecule has 0 radical (unpaired) electrons. The highest BCUT2D eigenvalue weighted by Gasteiger charge is 2.33. The molecule has 2 aromatic heterocycles. The number of anilines is 2. The van der Waals surface area contributed by atoms with Crippen molar-refractivity contribution >= 4 is 34.8 Å². The summed E-state index contributed by atoms with van der Waals surface area (Å²) in [7, 11) is 1.73. The van der Waals surface area contributed by atoms with Crippen molar-refractivity contribution in [1.29, 1.82) is 5.26 Å². The van der Waals surface area contributed by atoms with Crippen LogP contribution in [0.5, 0.6) is 0 Å². The van der Waals surface area contributed by atoms with E-state index < -0.39 is 5.41 Å². The normalized spacial score (nSPS) is 22.1. The molecule has 3 heterocycles. The molecule has 0 spiro atoms. The van der Waals surface area contributed by atoms with Crippen molar-refractivity contribution < 1.29 is 9.47 Å². The van der Waals surface area contributed by atoms with Crippen molar-refractivity contribution in [2.45, 2.75) is 63.6 Å². The van der Waals surface area contributed by atoms with Crippen LogP contribution in [0.4, 0.5) is 11.6 Å². The zero-order valence-electron chi connectivity index (χ0n) is 21.4. The summed E-state index contributed by atoms with van der Waals surface area (Å²) in [5, 5.41) is 20.9. The van der Waals surface area contributed by atoms with Gasteiger partial charge in [-0.1, -0.05) is 23.2 Å². The Labute approximate surface area is 228 Å². The van der Waals surface area contributed by atoms with Crippen molar-refractivity contribution in [1.82, 2.24) is 20.3 Å². The Bertz CT molecular complexity index is 1080. The molecule has 11 heteroatoms. The Morgan fingerprint density at radius 1 is 1.16 bits per heavy atom. The molecular formula is C26H35Cl2N7O2. The fraction of sp³-hybridized carbons (Fsp3) is 0.615. The number of nitriles is 1. The summed E-state index contributed by atoms with van der Waals surface area (Å²) in [4.78, 5) is 13.5. The number of hydrogen-bond acceptors (Lipinski definition) is 9. The van der Waals surface area contributed by atoms with Gasteiger partial charge in [-0.05, 0) is 51.5 Å². The maximum Gasteiger partial charge on any atom is 0.171 e. The molecule has 9 nitrogen and oxygen atoms in total. The minimum atomic E-state index is -0.513. The molecule has 3 N–H and O–H groups in total. The van der Waals surface area contributed by atoms with Crippen LogP contribution in [0.3, 0.4) is 0 Å². The maximum absolute atomic E-state index is 9.74. The van der Waals surface area contributed by atoms with E-state index in [1.54, 1.807) is 19.5 Å². The molecule has 200 valence electrons. The van der Waals surface area contributed by atoms with Crippen LogP contribution < -0.4 is 16.0 Å². The van der Waals surface area contributed by atoms with E-state index in [9.17, 15) is 5.26 Å². The average Bonchev–Trinajstić information content (AvgIpc) is 2.91. The van der Waals surface area contributed by atoms with Crippen LogP contribution in [-0.2, 0) is 9.47 Å². The minimum Gasteiger partial charge on any atom is -0.383 e. The first kappa shape index (κ1) is 27.8. The van der Waals surface area contributed by atoms with Crippen molar-refractivity contribution in [3.63, 3.8) is 0 Å². The summed E-state index contributed by atoms with van der Waals surface area (Å²) >= 11 is 12.9. The third kappa shape index (κ3) is 7.43. The van der Waals surface area contributed by atoms with Crippen molar-refractivity contribution in [2.24, 2.45) is 5.41 Å². The largest absolute Gasteiger partial charge is 0.383 e. The number of nitrogens with zero attached hydrogens (tertiary/aromatic N) is 4. The Hall–Kier alpha value is -2.22. The van der Waals surface area contributed by atoms with Gasteiger partial charge in [0.05, 0.1) is 35.0 Å². The number of ether oxygens (including phenoxy) is 2. The number of rotatable bonds is 10. The third-order valence-electron chi connectivity index (χ3n) is 7.16. The monoisotopic (exact) mass is 547 g/mol. The molecule has 1 aliphatic heterocycles. The lowest BCUT2D eigenvalue weighted by Crippen LogP contribution is -2.42. The van der Waals surface area contributed by atoms with E-state index in [0.717, 1.165) is 37.1 Å². The van der Waals surface area contributed by atoms with Gasteiger partial charge in [-0.15, -0.1) is 0 Å². The van der Waals surface area contributed by atoms with Crippen LogP contribution in [-0.4, -0.2) is 66.6 Å². The van der Waals surface area contributed by atoms with Crippen LogP contribution in [0.2, 0.25) is 10.2 Å². The topological polar surface area (TPSA) is 117 Å². The van der Waals surface area contributed by atoms with Gasteiger partial charge in [-0.3, -0.25) is 0 Å². The average molecular weight is 549 g/mol. The molecule has 1 saturated heterocycles. The zero-order chi connectivity index (χ0) is 26.3. The van der Waals surface area contributed by atoms with Crippen LogP contribution in [0, 0.1) is 16.7 Å². The quantitative estimate of drug-likeness (QED) is 0.380. The molecule has 0 aromatic carbocycles. The second-order valence-corrected chi connectivity index (χ2v) is 10.8. The summed E-state index contributed by atoms with van der Waals surface area (Å²) in [5.74, 6) is 1.18. The summed E-state index contributed by atoms with van der Waals surface area (Å²) in [5.41, 5.74) is 0.789. The van der Waals surface area contributed by atoms with Crippen LogP contribution in [0.1, 0.15) is 45.4 Å². The Balaban J connectivity index is 1.41. The molecule has 1 aliphatic carbocycles. The predicted octanol–water partition coefficient (Wildman–Crippen LogP) is 4.93. The fourth-order valence-electron chi connectivity index (χ4n) is 4.99. The van der Waals surface area contributed by atoms with Gasteiger partial charge >= 0.3 is 0 Å².